The predicted octanol–water partition coefficient (Wildman–Crippen LogP) is -0.287. The Labute approximate surface area is 182 Å². The molecule has 6 N–H and O–H groups in total. The smallest absolute Gasteiger partial charge is 0.306 e. The molecule has 8 nitrogen and oxygen atoms in total. The third-order valence-electron chi connectivity index (χ3n) is 10.4. The van der Waals surface area contributed by atoms with Crippen molar-refractivity contribution in [2.24, 2.45) is 34.5 Å². The fourth-order valence-corrected chi connectivity index (χ4v) is 9.09. The van der Waals surface area contributed by atoms with Crippen LogP contribution in [0.1, 0.15) is 58.3 Å². The van der Waals surface area contributed by atoms with E-state index >= 15 is 0 Å². The largest absolute Gasteiger partial charge is 0.465 e. The number of hydrogen-bond donors (Lipinski definition) is 6. The second-order valence-electron chi connectivity index (χ2n) is 11.4. The van der Waals surface area contributed by atoms with Crippen LogP contribution in [0.5, 0.6) is 0 Å². The van der Waals surface area contributed by atoms with Crippen LogP contribution in [-0.2, 0) is 9.53 Å². The Morgan fingerprint density at radius 1 is 1.06 bits per heavy atom. The van der Waals surface area contributed by atoms with Crippen molar-refractivity contribution in [3.05, 3.63) is 0 Å². The minimum atomic E-state index is -1.51. The van der Waals surface area contributed by atoms with Gasteiger partial charge in [-0.25, -0.2) is 0 Å². The summed E-state index contributed by atoms with van der Waals surface area (Å²) in [6.07, 6.45) is -0.391. The molecule has 11 atom stereocenters. The van der Waals surface area contributed by atoms with E-state index in [4.69, 9.17) is 4.74 Å². The third kappa shape index (κ3) is 2.60. The first-order chi connectivity index (χ1) is 14.5. The van der Waals surface area contributed by atoms with Crippen molar-refractivity contribution in [3.8, 4) is 0 Å². The molecule has 5 rings (SSSR count). The number of hydrogen-bond acceptors (Lipinski definition) is 8. The summed E-state index contributed by atoms with van der Waals surface area (Å²) in [5.41, 5.74) is -4.66. The molecule has 1 saturated heterocycles. The van der Waals surface area contributed by atoms with Crippen molar-refractivity contribution in [1.29, 1.82) is 0 Å². The van der Waals surface area contributed by atoms with Gasteiger partial charge in [0, 0.05) is 30.1 Å². The molecule has 4 saturated carbocycles. The van der Waals surface area contributed by atoms with Gasteiger partial charge < -0.3 is 35.4 Å². The molecule has 1 aliphatic heterocycles. The molecule has 0 bridgehead atoms. The zero-order chi connectivity index (χ0) is 22.4. The van der Waals surface area contributed by atoms with E-state index in [0.29, 0.717) is 25.9 Å². The van der Waals surface area contributed by atoms with Crippen molar-refractivity contribution in [3.63, 3.8) is 0 Å². The first-order valence-electron chi connectivity index (χ1n) is 11.8. The third-order valence-corrected chi connectivity index (χ3v) is 10.4. The number of rotatable bonds is 2. The summed E-state index contributed by atoms with van der Waals surface area (Å²) in [5.74, 6) is -1.26. The van der Waals surface area contributed by atoms with E-state index in [1.54, 1.807) is 0 Å². The van der Waals surface area contributed by atoms with E-state index in [-0.39, 0.29) is 43.5 Å². The van der Waals surface area contributed by atoms with Crippen LogP contribution in [-0.4, -0.2) is 79.3 Å². The topological polar surface area (TPSA) is 148 Å². The lowest BCUT2D eigenvalue weighted by molar-refractivity contribution is -0.318. The molecule has 0 amide bonds. The molecule has 0 aromatic rings. The summed E-state index contributed by atoms with van der Waals surface area (Å²) >= 11 is 0. The van der Waals surface area contributed by atoms with Crippen LogP contribution in [0.3, 0.4) is 0 Å². The maximum absolute atomic E-state index is 12.2. The number of carbonyl (C=O) groups excluding carboxylic acids is 1. The van der Waals surface area contributed by atoms with E-state index in [1.165, 1.54) is 0 Å². The normalized spacial score (nSPS) is 58.9. The van der Waals surface area contributed by atoms with Crippen molar-refractivity contribution in [2.45, 2.75) is 87.8 Å². The highest BCUT2D eigenvalue weighted by molar-refractivity contribution is 5.71. The molecule has 176 valence electrons. The molecular weight excluding hydrogens is 404 g/mol. The van der Waals surface area contributed by atoms with E-state index in [2.05, 4.69) is 0 Å². The fourth-order valence-electron chi connectivity index (χ4n) is 9.09. The van der Waals surface area contributed by atoms with Crippen molar-refractivity contribution < 1.29 is 40.2 Å². The highest BCUT2D eigenvalue weighted by Gasteiger charge is 2.75. The molecule has 8 heteroatoms. The highest BCUT2D eigenvalue weighted by Crippen LogP contribution is 2.70. The van der Waals surface area contributed by atoms with E-state index < -0.39 is 58.8 Å². The Morgan fingerprint density at radius 2 is 1.77 bits per heavy atom. The molecule has 0 spiro atoms. The number of ether oxygens (including phenoxy) is 1. The van der Waals surface area contributed by atoms with Gasteiger partial charge in [0.05, 0.1) is 54.6 Å². The Balaban J connectivity index is 1.55. The van der Waals surface area contributed by atoms with Crippen LogP contribution >= 0.6 is 0 Å². The number of fused-ring (bicyclic) bond motifs is 5. The van der Waals surface area contributed by atoms with Crippen LogP contribution in [0.4, 0.5) is 0 Å². The van der Waals surface area contributed by atoms with Crippen molar-refractivity contribution >= 4 is 5.97 Å². The second kappa shape index (κ2) is 6.87. The number of aliphatic hydroxyl groups excluding tert-OH is 4. The Hall–Kier alpha value is -0.770. The zero-order valence-corrected chi connectivity index (χ0v) is 18.1. The summed E-state index contributed by atoms with van der Waals surface area (Å²) in [6.45, 7) is 1.83. The van der Waals surface area contributed by atoms with Gasteiger partial charge in [-0.05, 0) is 43.9 Å². The summed E-state index contributed by atoms with van der Waals surface area (Å²) in [4.78, 5) is 11.7. The highest BCUT2D eigenvalue weighted by atomic mass is 16.5. The average Bonchev–Trinajstić information content (AvgIpc) is 3.21. The van der Waals surface area contributed by atoms with Crippen LogP contribution < -0.4 is 0 Å². The van der Waals surface area contributed by atoms with Crippen LogP contribution in [0.15, 0.2) is 0 Å². The van der Waals surface area contributed by atoms with Gasteiger partial charge >= 0.3 is 5.97 Å². The Morgan fingerprint density at radius 3 is 2.42 bits per heavy atom. The number of cyclic esters (lactones) is 1. The first-order valence-corrected chi connectivity index (χ1v) is 11.8. The summed E-state index contributed by atoms with van der Waals surface area (Å²) in [7, 11) is 0. The number of carbonyl (C=O) groups is 1. The van der Waals surface area contributed by atoms with Crippen LogP contribution in [0, 0.1) is 34.5 Å². The lowest BCUT2D eigenvalue weighted by atomic mass is 9.40. The van der Waals surface area contributed by atoms with Crippen molar-refractivity contribution in [2.75, 3.05) is 13.2 Å². The van der Waals surface area contributed by atoms with Gasteiger partial charge in [0.25, 0.3) is 0 Å². The maximum atomic E-state index is 12.2. The standard InChI is InChI=1S/C23H36O8/c1-20-9-16(26)19-15(23(20,30)5-3-14(20)12-6-18(28)31-10-12)2-4-21(29)8-13(25)7-17(27)22(19,21)11-24/h12-17,19,24-27,29-30H,2-11H2,1H3/t12?,13-,14+,15+,16+,17+,19+,20+,21-,22+,23-/m0/s1. The Bertz CT molecular complexity index is 760. The maximum Gasteiger partial charge on any atom is 0.306 e. The monoisotopic (exact) mass is 440 g/mol. The van der Waals surface area contributed by atoms with E-state index in [0.717, 1.165) is 6.42 Å². The fraction of sp³-hybridized carbons (Fsp3) is 0.957. The molecule has 4 aliphatic carbocycles. The molecule has 5 aliphatic rings. The number of aliphatic hydroxyl groups is 6. The minimum Gasteiger partial charge on any atom is -0.465 e. The SMILES string of the molecule is C[C@]12C[C@@H](O)[C@H]3[C@@H](CC[C@]4(O)C[C@@H](O)C[C@@H](O)[C@]34CO)[C@@]1(O)CC[C@@H]2C1COC(=O)C1. The van der Waals surface area contributed by atoms with Gasteiger partial charge in [0.15, 0.2) is 0 Å². The van der Waals surface area contributed by atoms with Crippen LogP contribution in [0.2, 0.25) is 0 Å². The van der Waals surface area contributed by atoms with Gasteiger partial charge in [-0.2, -0.15) is 0 Å². The van der Waals surface area contributed by atoms with E-state index in [1.807, 2.05) is 6.92 Å². The van der Waals surface area contributed by atoms with Gasteiger partial charge in [-0.3, -0.25) is 4.79 Å². The zero-order valence-electron chi connectivity index (χ0n) is 18.1. The van der Waals surface area contributed by atoms with Gasteiger partial charge in [-0.15, -0.1) is 0 Å². The van der Waals surface area contributed by atoms with Crippen LogP contribution in [0.25, 0.3) is 0 Å². The second-order valence-corrected chi connectivity index (χ2v) is 11.4. The molecule has 1 heterocycles. The van der Waals surface area contributed by atoms with Gasteiger partial charge in [0.2, 0.25) is 0 Å². The molecule has 5 fully saturated rings. The minimum absolute atomic E-state index is 0.0121. The molecule has 1 unspecified atom stereocenters. The van der Waals surface area contributed by atoms with Gasteiger partial charge in [0.1, 0.15) is 0 Å². The lowest BCUT2D eigenvalue weighted by Gasteiger charge is -2.68. The summed E-state index contributed by atoms with van der Waals surface area (Å²) in [5, 5.41) is 67.0. The molecular formula is C23H36O8. The summed E-state index contributed by atoms with van der Waals surface area (Å²) in [6, 6.07) is 0. The first kappa shape index (κ1) is 22.0. The lowest BCUT2D eigenvalue weighted by Crippen LogP contribution is -2.75. The predicted molar refractivity (Wildman–Crippen MR) is 107 cm³/mol. The molecule has 0 radical (unpaired) electrons. The molecule has 31 heavy (non-hydrogen) atoms. The van der Waals surface area contributed by atoms with Gasteiger partial charge in [-0.1, -0.05) is 6.92 Å². The summed E-state index contributed by atoms with van der Waals surface area (Å²) < 4.78 is 5.20. The average molecular weight is 441 g/mol. The quantitative estimate of drug-likeness (QED) is 0.321. The van der Waals surface area contributed by atoms with E-state index in [9.17, 15) is 35.4 Å². The molecule has 0 aromatic carbocycles. The molecule has 0 aromatic heterocycles. The van der Waals surface area contributed by atoms with Crippen molar-refractivity contribution in [1.82, 2.24) is 0 Å². The Kier molecular flexibility index (Phi) is 4.89. The number of esters is 1.